The van der Waals surface area contributed by atoms with E-state index in [2.05, 4.69) is 15.1 Å². The van der Waals surface area contributed by atoms with Crippen LogP contribution in [0.25, 0.3) is 0 Å². The summed E-state index contributed by atoms with van der Waals surface area (Å²) in [6.45, 7) is 1.94. The summed E-state index contributed by atoms with van der Waals surface area (Å²) in [5, 5.41) is 13.3. The SMILES string of the molecule is Cc1nc(Nc2ccccc2)sc1CCO[N+](=O)[O-]. The number of thiazole rings is 1. The van der Waals surface area contributed by atoms with Gasteiger partial charge in [0.2, 0.25) is 0 Å². The van der Waals surface area contributed by atoms with Gasteiger partial charge >= 0.3 is 0 Å². The number of hydrogen-bond acceptors (Lipinski definition) is 6. The fraction of sp³-hybridized carbons (Fsp3) is 0.250. The second kappa shape index (κ2) is 6.14. The lowest BCUT2D eigenvalue weighted by Gasteiger charge is -2.00. The van der Waals surface area contributed by atoms with Gasteiger partial charge in [0.25, 0.3) is 5.09 Å². The number of benzene rings is 1. The van der Waals surface area contributed by atoms with Crippen LogP contribution in [0.5, 0.6) is 0 Å². The van der Waals surface area contributed by atoms with E-state index in [1.165, 1.54) is 11.3 Å². The fourth-order valence-electron chi connectivity index (χ4n) is 1.57. The summed E-state index contributed by atoms with van der Waals surface area (Å²) in [5.41, 5.74) is 1.83. The molecule has 7 heteroatoms. The van der Waals surface area contributed by atoms with Gasteiger partial charge in [-0.1, -0.05) is 18.2 Å². The van der Waals surface area contributed by atoms with Crippen molar-refractivity contribution in [2.45, 2.75) is 13.3 Å². The van der Waals surface area contributed by atoms with Crippen molar-refractivity contribution >= 4 is 22.2 Å². The molecule has 1 aromatic heterocycles. The average molecular weight is 279 g/mol. The first-order chi connectivity index (χ1) is 9.15. The summed E-state index contributed by atoms with van der Waals surface area (Å²) in [6.07, 6.45) is 0.487. The Bertz CT molecular complexity index is 557. The van der Waals surface area contributed by atoms with E-state index in [-0.39, 0.29) is 6.61 Å². The van der Waals surface area contributed by atoms with E-state index in [0.29, 0.717) is 6.42 Å². The Kier molecular flexibility index (Phi) is 4.30. The summed E-state index contributed by atoms with van der Waals surface area (Å²) in [6, 6.07) is 9.72. The molecule has 1 heterocycles. The zero-order valence-electron chi connectivity index (χ0n) is 10.3. The topological polar surface area (TPSA) is 77.3 Å². The van der Waals surface area contributed by atoms with Crippen LogP contribution >= 0.6 is 11.3 Å². The van der Waals surface area contributed by atoms with E-state index >= 15 is 0 Å². The van der Waals surface area contributed by atoms with Crippen molar-refractivity contribution in [3.05, 3.63) is 51.0 Å². The van der Waals surface area contributed by atoms with Gasteiger partial charge in [-0.3, -0.25) is 0 Å². The van der Waals surface area contributed by atoms with Crippen LogP contribution in [0, 0.1) is 17.0 Å². The predicted molar refractivity (Wildman–Crippen MR) is 73.2 cm³/mol. The quantitative estimate of drug-likeness (QED) is 0.649. The van der Waals surface area contributed by atoms with Crippen molar-refractivity contribution in [2.75, 3.05) is 11.9 Å². The lowest BCUT2D eigenvalue weighted by molar-refractivity contribution is -0.757. The molecule has 0 aliphatic rings. The Balaban J connectivity index is 1.98. The lowest BCUT2D eigenvalue weighted by Crippen LogP contribution is -2.04. The first-order valence-corrected chi connectivity index (χ1v) is 6.52. The second-order valence-electron chi connectivity index (χ2n) is 3.83. The van der Waals surface area contributed by atoms with Gasteiger partial charge < -0.3 is 10.2 Å². The first kappa shape index (κ1) is 13.3. The molecule has 0 bridgehead atoms. The van der Waals surface area contributed by atoms with Crippen molar-refractivity contribution < 1.29 is 9.92 Å². The lowest BCUT2D eigenvalue weighted by atomic mass is 10.3. The molecule has 2 rings (SSSR count). The van der Waals surface area contributed by atoms with Crippen LogP contribution in [0.15, 0.2) is 30.3 Å². The third-order valence-corrected chi connectivity index (χ3v) is 3.58. The summed E-state index contributed by atoms with van der Waals surface area (Å²) in [4.78, 5) is 19.8. The Morgan fingerprint density at radius 1 is 1.42 bits per heavy atom. The van der Waals surface area contributed by atoms with Gasteiger partial charge in [0.1, 0.15) is 6.61 Å². The largest absolute Gasteiger partial charge is 0.332 e. The van der Waals surface area contributed by atoms with Crippen molar-refractivity contribution in [1.82, 2.24) is 4.98 Å². The predicted octanol–water partition coefficient (Wildman–Crippen LogP) is 2.95. The van der Waals surface area contributed by atoms with Gasteiger partial charge in [0.15, 0.2) is 5.13 Å². The average Bonchev–Trinajstić information content (AvgIpc) is 2.70. The van der Waals surface area contributed by atoms with Crippen molar-refractivity contribution in [3.8, 4) is 0 Å². The van der Waals surface area contributed by atoms with Crippen molar-refractivity contribution in [2.24, 2.45) is 0 Å². The standard InChI is InChI=1S/C12H13N3O3S/c1-9-11(7-8-18-15(16)17)19-12(13-9)14-10-5-3-2-4-6-10/h2-6H,7-8H2,1H3,(H,13,14). The second-order valence-corrected chi connectivity index (χ2v) is 4.91. The van der Waals surface area contributed by atoms with Gasteiger partial charge in [-0.15, -0.1) is 21.5 Å². The van der Waals surface area contributed by atoms with E-state index in [0.717, 1.165) is 21.4 Å². The van der Waals surface area contributed by atoms with Gasteiger partial charge in [0, 0.05) is 17.0 Å². The smallest absolute Gasteiger partial charge is 0.294 e. The normalized spacial score (nSPS) is 10.2. The maximum atomic E-state index is 10.1. The zero-order valence-corrected chi connectivity index (χ0v) is 11.1. The number of rotatable bonds is 6. The third-order valence-electron chi connectivity index (χ3n) is 2.44. The van der Waals surface area contributed by atoms with Gasteiger partial charge in [0.05, 0.1) is 5.69 Å². The molecule has 0 amide bonds. The molecule has 0 aliphatic heterocycles. The molecular weight excluding hydrogens is 266 g/mol. The number of para-hydroxylation sites is 1. The highest BCUT2D eigenvalue weighted by molar-refractivity contribution is 7.15. The molecule has 0 unspecified atom stereocenters. The van der Waals surface area contributed by atoms with E-state index in [1.807, 2.05) is 37.3 Å². The monoisotopic (exact) mass is 279 g/mol. The van der Waals surface area contributed by atoms with Crippen LogP contribution in [0.3, 0.4) is 0 Å². The minimum atomic E-state index is -0.778. The maximum absolute atomic E-state index is 10.1. The van der Waals surface area contributed by atoms with Crippen LogP contribution in [-0.2, 0) is 11.3 Å². The summed E-state index contributed by atoms with van der Waals surface area (Å²) in [5.74, 6) is 0. The van der Waals surface area contributed by atoms with Crippen LogP contribution in [-0.4, -0.2) is 16.7 Å². The van der Waals surface area contributed by atoms with Crippen LogP contribution < -0.4 is 5.32 Å². The van der Waals surface area contributed by atoms with Crippen LogP contribution in [0.1, 0.15) is 10.6 Å². The fourth-order valence-corrected chi connectivity index (χ4v) is 2.53. The van der Waals surface area contributed by atoms with E-state index in [1.54, 1.807) is 0 Å². The molecule has 0 radical (unpaired) electrons. The van der Waals surface area contributed by atoms with Crippen LogP contribution in [0.4, 0.5) is 10.8 Å². The molecule has 6 nitrogen and oxygen atoms in total. The number of nitrogens with one attached hydrogen (secondary N) is 1. The molecule has 19 heavy (non-hydrogen) atoms. The molecule has 1 N–H and O–H groups in total. The number of nitrogens with zero attached hydrogens (tertiary/aromatic N) is 2. The highest BCUT2D eigenvalue weighted by Gasteiger charge is 2.08. The summed E-state index contributed by atoms with van der Waals surface area (Å²) in [7, 11) is 0. The maximum Gasteiger partial charge on any atom is 0.294 e. The molecule has 2 aromatic rings. The number of aromatic nitrogens is 1. The van der Waals surface area contributed by atoms with Crippen molar-refractivity contribution in [3.63, 3.8) is 0 Å². The van der Waals surface area contributed by atoms with Crippen molar-refractivity contribution in [1.29, 1.82) is 0 Å². The molecule has 0 spiro atoms. The highest BCUT2D eigenvalue weighted by Crippen LogP contribution is 2.25. The van der Waals surface area contributed by atoms with E-state index in [4.69, 9.17) is 0 Å². The summed E-state index contributed by atoms with van der Waals surface area (Å²) >= 11 is 1.48. The zero-order chi connectivity index (χ0) is 13.7. The van der Waals surface area contributed by atoms with E-state index in [9.17, 15) is 10.1 Å². The Labute approximate surface area is 114 Å². The number of hydrogen-bond donors (Lipinski definition) is 1. The summed E-state index contributed by atoms with van der Waals surface area (Å²) < 4.78 is 0. The Morgan fingerprint density at radius 3 is 2.84 bits per heavy atom. The molecular formula is C12H13N3O3S. The molecule has 0 saturated carbocycles. The van der Waals surface area contributed by atoms with E-state index < -0.39 is 5.09 Å². The number of aryl methyl sites for hydroxylation is 1. The Morgan fingerprint density at radius 2 is 2.16 bits per heavy atom. The van der Waals surface area contributed by atoms with Crippen LogP contribution in [0.2, 0.25) is 0 Å². The molecule has 0 aliphatic carbocycles. The Hall–Kier alpha value is -2.15. The number of anilines is 2. The molecule has 0 saturated heterocycles. The molecule has 1 aromatic carbocycles. The molecule has 0 atom stereocenters. The molecule has 0 fully saturated rings. The van der Waals surface area contributed by atoms with Gasteiger partial charge in [-0.25, -0.2) is 4.98 Å². The van der Waals surface area contributed by atoms with Gasteiger partial charge in [-0.05, 0) is 19.1 Å². The third kappa shape index (κ3) is 3.92. The highest BCUT2D eigenvalue weighted by atomic mass is 32.1. The van der Waals surface area contributed by atoms with Gasteiger partial charge in [-0.2, -0.15) is 0 Å². The minimum absolute atomic E-state index is 0.0564. The first-order valence-electron chi connectivity index (χ1n) is 5.71. The minimum Gasteiger partial charge on any atom is -0.332 e. The molecule has 100 valence electrons.